The average molecular weight is 287 g/mol. The lowest BCUT2D eigenvalue weighted by Crippen LogP contribution is -2.50. The summed E-state index contributed by atoms with van der Waals surface area (Å²) in [5, 5.41) is 12.6. The molecule has 1 aliphatic rings. The lowest BCUT2D eigenvalue weighted by atomic mass is 9.79. The summed E-state index contributed by atoms with van der Waals surface area (Å²) < 4.78 is 0. The molecule has 110 valence electrons. The van der Waals surface area contributed by atoms with E-state index < -0.39 is 17.3 Å². The van der Waals surface area contributed by atoms with Crippen LogP contribution < -0.4 is 5.32 Å². The van der Waals surface area contributed by atoms with Gasteiger partial charge in [0.2, 0.25) is 5.91 Å². The summed E-state index contributed by atoms with van der Waals surface area (Å²) in [6, 6.07) is 0.112. The molecule has 2 N–H and O–H groups in total. The maximum Gasteiger partial charge on any atom is 0.316 e. The summed E-state index contributed by atoms with van der Waals surface area (Å²) in [6.07, 6.45) is 6.40. The van der Waals surface area contributed by atoms with Gasteiger partial charge in [0.1, 0.15) is 5.92 Å². The Labute approximate surface area is 119 Å². The van der Waals surface area contributed by atoms with E-state index in [9.17, 15) is 14.7 Å². The second kappa shape index (κ2) is 6.64. The van der Waals surface area contributed by atoms with Crippen LogP contribution in [0.4, 0.5) is 0 Å². The van der Waals surface area contributed by atoms with Gasteiger partial charge in [-0.2, -0.15) is 11.8 Å². The normalized spacial score (nSPS) is 25.7. The Morgan fingerprint density at radius 1 is 1.26 bits per heavy atom. The van der Waals surface area contributed by atoms with E-state index in [4.69, 9.17) is 0 Å². The van der Waals surface area contributed by atoms with Crippen molar-refractivity contribution in [3.05, 3.63) is 0 Å². The van der Waals surface area contributed by atoms with Gasteiger partial charge in [-0.25, -0.2) is 0 Å². The van der Waals surface area contributed by atoms with Crippen molar-refractivity contribution in [1.29, 1.82) is 0 Å². The van der Waals surface area contributed by atoms with Gasteiger partial charge in [-0.15, -0.1) is 0 Å². The Morgan fingerprint density at radius 2 is 1.84 bits per heavy atom. The number of hydrogen-bond donors (Lipinski definition) is 2. The zero-order valence-corrected chi connectivity index (χ0v) is 13.0. The van der Waals surface area contributed by atoms with Gasteiger partial charge in [0.05, 0.1) is 0 Å². The molecule has 0 bridgehead atoms. The van der Waals surface area contributed by atoms with Crippen LogP contribution >= 0.6 is 11.8 Å². The van der Waals surface area contributed by atoms with Gasteiger partial charge in [0.15, 0.2) is 0 Å². The standard InChI is InChI=1S/C14H25NO3S/c1-14(2,3)11(13(17)18)12(16)15-9-7-5-6-8-10(9)19-4/h9-11H,5-8H2,1-4H3,(H,15,16)(H,17,18). The highest BCUT2D eigenvalue weighted by molar-refractivity contribution is 7.99. The summed E-state index contributed by atoms with van der Waals surface area (Å²) in [4.78, 5) is 23.6. The van der Waals surface area contributed by atoms with Gasteiger partial charge in [-0.05, 0) is 24.5 Å². The number of hydrogen-bond acceptors (Lipinski definition) is 3. The highest BCUT2D eigenvalue weighted by Crippen LogP contribution is 2.30. The van der Waals surface area contributed by atoms with E-state index in [1.54, 1.807) is 32.5 Å². The van der Waals surface area contributed by atoms with Gasteiger partial charge >= 0.3 is 5.97 Å². The molecule has 1 fully saturated rings. The molecular weight excluding hydrogens is 262 g/mol. The highest BCUT2D eigenvalue weighted by atomic mass is 32.2. The van der Waals surface area contributed by atoms with Gasteiger partial charge in [-0.1, -0.05) is 33.6 Å². The largest absolute Gasteiger partial charge is 0.481 e. The molecule has 0 saturated heterocycles. The number of rotatable bonds is 4. The van der Waals surface area contributed by atoms with E-state index in [0.717, 1.165) is 19.3 Å². The van der Waals surface area contributed by atoms with E-state index in [2.05, 4.69) is 5.32 Å². The molecule has 1 aliphatic carbocycles. The van der Waals surface area contributed by atoms with Crippen LogP contribution in [0.25, 0.3) is 0 Å². The topological polar surface area (TPSA) is 66.4 Å². The first-order chi connectivity index (χ1) is 8.77. The number of thioether (sulfide) groups is 1. The number of amides is 1. The smallest absolute Gasteiger partial charge is 0.316 e. The lowest BCUT2D eigenvalue weighted by molar-refractivity contribution is -0.151. The number of nitrogens with one attached hydrogen (secondary N) is 1. The monoisotopic (exact) mass is 287 g/mol. The Balaban J connectivity index is 2.73. The van der Waals surface area contributed by atoms with Crippen molar-refractivity contribution in [1.82, 2.24) is 5.32 Å². The second-order valence-corrected chi connectivity index (χ2v) is 7.39. The molecule has 0 aromatic heterocycles. The minimum atomic E-state index is -1.04. The molecule has 0 aromatic rings. The van der Waals surface area contributed by atoms with Crippen LogP contribution in [-0.2, 0) is 9.59 Å². The predicted octanol–water partition coefficient (Wildman–Crippen LogP) is 2.52. The van der Waals surface area contributed by atoms with E-state index in [1.165, 1.54) is 6.42 Å². The molecule has 1 amide bonds. The molecule has 1 rings (SSSR count). The third-order valence-corrected chi connectivity index (χ3v) is 4.88. The van der Waals surface area contributed by atoms with Crippen molar-refractivity contribution in [3.8, 4) is 0 Å². The van der Waals surface area contributed by atoms with E-state index in [-0.39, 0.29) is 11.9 Å². The SMILES string of the molecule is CSC1CCCCC1NC(=O)C(C(=O)O)C(C)(C)C. The molecule has 4 nitrogen and oxygen atoms in total. The molecule has 0 radical (unpaired) electrons. The third-order valence-electron chi connectivity index (χ3n) is 3.71. The fourth-order valence-electron chi connectivity index (χ4n) is 2.69. The zero-order chi connectivity index (χ0) is 14.6. The zero-order valence-electron chi connectivity index (χ0n) is 12.2. The highest BCUT2D eigenvalue weighted by Gasteiger charge is 2.39. The van der Waals surface area contributed by atoms with Crippen LogP contribution in [0.3, 0.4) is 0 Å². The van der Waals surface area contributed by atoms with Gasteiger partial charge < -0.3 is 10.4 Å². The number of carboxylic acid groups (broad SMARTS) is 1. The molecule has 19 heavy (non-hydrogen) atoms. The number of aliphatic carboxylic acids is 1. The quantitative estimate of drug-likeness (QED) is 0.780. The van der Waals surface area contributed by atoms with E-state index in [0.29, 0.717) is 5.25 Å². The summed E-state index contributed by atoms with van der Waals surface area (Å²) in [7, 11) is 0. The summed E-state index contributed by atoms with van der Waals surface area (Å²) in [5.41, 5.74) is -0.570. The lowest BCUT2D eigenvalue weighted by Gasteiger charge is -2.33. The van der Waals surface area contributed by atoms with E-state index >= 15 is 0 Å². The Hall–Kier alpha value is -0.710. The van der Waals surface area contributed by atoms with Crippen LogP contribution in [0, 0.1) is 11.3 Å². The maximum atomic E-state index is 12.3. The first-order valence-corrected chi connectivity index (χ1v) is 8.12. The Morgan fingerprint density at radius 3 is 2.32 bits per heavy atom. The van der Waals surface area contributed by atoms with Crippen molar-refractivity contribution in [2.45, 2.75) is 57.7 Å². The van der Waals surface area contributed by atoms with Crippen molar-refractivity contribution in [3.63, 3.8) is 0 Å². The first-order valence-electron chi connectivity index (χ1n) is 6.83. The van der Waals surface area contributed by atoms with Crippen LogP contribution in [0.2, 0.25) is 0 Å². The molecular formula is C14H25NO3S. The van der Waals surface area contributed by atoms with Crippen LogP contribution in [0.5, 0.6) is 0 Å². The summed E-state index contributed by atoms with van der Waals surface area (Å²) >= 11 is 1.76. The fraction of sp³-hybridized carbons (Fsp3) is 0.857. The number of carboxylic acids is 1. The summed E-state index contributed by atoms with van der Waals surface area (Å²) in [6.45, 7) is 5.37. The minimum Gasteiger partial charge on any atom is -0.481 e. The Kier molecular flexibility index (Phi) is 5.71. The molecule has 0 spiro atoms. The fourth-order valence-corrected chi connectivity index (χ4v) is 3.62. The molecule has 0 aromatic carbocycles. The molecule has 3 unspecified atom stereocenters. The number of carbonyl (C=O) groups excluding carboxylic acids is 1. The van der Waals surface area contributed by atoms with E-state index in [1.807, 2.05) is 6.26 Å². The van der Waals surface area contributed by atoms with Crippen molar-refractivity contribution >= 4 is 23.6 Å². The summed E-state index contributed by atoms with van der Waals surface area (Å²) in [5.74, 6) is -2.37. The maximum absolute atomic E-state index is 12.3. The second-order valence-electron chi connectivity index (χ2n) is 6.31. The molecule has 5 heteroatoms. The average Bonchev–Trinajstić information content (AvgIpc) is 2.27. The van der Waals surface area contributed by atoms with Gasteiger partial charge in [-0.3, -0.25) is 9.59 Å². The Bertz CT molecular complexity index is 338. The minimum absolute atomic E-state index is 0.112. The van der Waals surface area contributed by atoms with Crippen LogP contribution in [-0.4, -0.2) is 34.5 Å². The molecule has 1 saturated carbocycles. The molecule has 3 atom stereocenters. The van der Waals surface area contributed by atoms with Gasteiger partial charge in [0, 0.05) is 11.3 Å². The predicted molar refractivity (Wildman–Crippen MR) is 78.3 cm³/mol. The third kappa shape index (κ3) is 4.41. The van der Waals surface area contributed by atoms with Crippen LogP contribution in [0.15, 0.2) is 0 Å². The van der Waals surface area contributed by atoms with Crippen molar-refractivity contribution in [2.75, 3.05) is 6.26 Å². The number of carbonyl (C=O) groups is 2. The first kappa shape index (κ1) is 16.3. The van der Waals surface area contributed by atoms with Gasteiger partial charge in [0.25, 0.3) is 0 Å². The molecule has 0 aliphatic heterocycles. The van der Waals surface area contributed by atoms with Crippen molar-refractivity contribution < 1.29 is 14.7 Å². The molecule has 0 heterocycles. The van der Waals surface area contributed by atoms with Crippen molar-refractivity contribution in [2.24, 2.45) is 11.3 Å². The van der Waals surface area contributed by atoms with Crippen LogP contribution in [0.1, 0.15) is 46.5 Å².